The molecule has 5 heteroatoms. The first-order valence-corrected chi connectivity index (χ1v) is 5.58. The van der Waals surface area contributed by atoms with E-state index in [-0.39, 0.29) is 5.75 Å². The van der Waals surface area contributed by atoms with E-state index in [1.807, 2.05) is 0 Å². The highest BCUT2D eigenvalue weighted by molar-refractivity contribution is 5.71. The molecule has 19 heavy (non-hydrogen) atoms. The van der Waals surface area contributed by atoms with Crippen molar-refractivity contribution in [3.63, 3.8) is 0 Å². The number of ether oxygens (including phenoxy) is 1. The molecule has 0 atom stereocenters. The average molecular weight is 267 g/mol. The summed E-state index contributed by atoms with van der Waals surface area (Å²) in [5, 5.41) is 0. The third-order valence-corrected chi connectivity index (χ3v) is 2.73. The first kappa shape index (κ1) is 13.3. The predicted octanol–water partition coefficient (Wildman–Crippen LogP) is 4.14. The molecule has 0 bridgehead atoms. The van der Waals surface area contributed by atoms with Crippen molar-refractivity contribution in [3.8, 4) is 16.9 Å². The number of rotatable bonds is 2. The molecule has 0 aromatic heterocycles. The second-order valence-corrected chi connectivity index (χ2v) is 4.10. The van der Waals surface area contributed by atoms with E-state index in [0.29, 0.717) is 16.8 Å². The Morgan fingerprint density at radius 2 is 1.63 bits per heavy atom. The maximum absolute atomic E-state index is 12.3. The molecule has 100 valence electrons. The van der Waals surface area contributed by atoms with Gasteiger partial charge in [-0.2, -0.15) is 0 Å². The SMILES string of the molecule is Cc1c(OC(F)(F)F)cccc1-c1ccc(N)cc1. The second-order valence-electron chi connectivity index (χ2n) is 4.10. The van der Waals surface area contributed by atoms with Crippen molar-refractivity contribution in [1.82, 2.24) is 0 Å². The van der Waals surface area contributed by atoms with Gasteiger partial charge in [-0.25, -0.2) is 0 Å². The topological polar surface area (TPSA) is 35.2 Å². The molecule has 0 unspecified atom stereocenters. The van der Waals surface area contributed by atoms with Gasteiger partial charge in [-0.05, 0) is 41.8 Å². The third-order valence-electron chi connectivity index (χ3n) is 2.73. The van der Waals surface area contributed by atoms with Crippen LogP contribution in [0.4, 0.5) is 18.9 Å². The molecule has 2 nitrogen and oxygen atoms in total. The lowest BCUT2D eigenvalue weighted by atomic mass is 10.00. The summed E-state index contributed by atoms with van der Waals surface area (Å²) in [5.74, 6) is -0.193. The lowest BCUT2D eigenvalue weighted by Crippen LogP contribution is -2.17. The summed E-state index contributed by atoms with van der Waals surface area (Å²) in [6.45, 7) is 1.59. The highest BCUT2D eigenvalue weighted by Gasteiger charge is 2.31. The van der Waals surface area contributed by atoms with Crippen molar-refractivity contribution in [2.75, 3.05) is 5.73 Å². The Balaban J connectivity index is 2.42. The zero-order chi connectivity index (χ0) is 14.0. The lowest BCUT2D eigenvalue weighted by molar-refractivity contribution is -0.274. The Morgan fingerprint density at radius 3 is 2.21 bits per heavy atom. The predicted molar refractivity (Wildman–Crippen MR) is 67.7 cm³/mol. The third kappa shape index (κ3) is 3.19. The molecular formula is C14H12F3NO. The minimum atomic E-state index is -4.69. The summed E-state index contributed by atoms with van der Waals surface area (Å²) >= 11 is 0. The van der Waals surface area contributed by atoms with Gasteiger partial charge in [0.05, 0.1) is 0 Å². The Morgan fingerprint density at radius 1 is 1.00 bits per heavy atom. The van der Waals surface area contributed by atoms with Crippen LogP contribution < -0.4 is 10.5 Å². The van der Waals surface area contributed by atoms with Gasteiger partial charge in [-0.1, -0.05) is 24.3 Å². The minimum absolute atomic E-state index is 0.193. The minimum Gasteiger partial charge on any atom is -0.405 e. The van der Waals surface area contributed by atoms with Crippen LogP contribution >= 0.6 is 0 Å². The quantitative estimate of drug-likeness (QED) is 0.830. The summed E-state index contributed by atoms with van der Waals surface area (Å²) in [5.41, 5.74) is 8.09. The number of nitrogens with two attached hydrogens (primary N) is 1. The molecule has 0 fully saturated rings. The van der Waals surface area contributed by atoms with E-state index < -0.39 is 6.36 Å². The standard InChI is InChI=1S/C14H12F3NO/c1-9-12(10-5-7-11(18)8-6-10)3-2-4-13(9)19-14(15,16)17/h2-8H,18H2,1H3. The average Bonchev–Trinajstić information content (AvgIpc) is 2.32. The summed E-state index contributed by atoms with van der Waals surface area (Å²) in [4.78, 5) is 0. The summed E-state index contributed by atoms with van der Waals surface area (Å²) in [7, 11) is 0. The number of nitrogen functional groups attached to an aromatic ring is 1. The molecule has 0 radical (unpaired) electrons. The molecule has 2 rings (SSSR count). The number of halogens is 3. The number of alkyl halides is 3. The van der Waals surface area contributed by atoms with E-state index in [0.717, 1.165) is 5.56 Å². The number of benzene rings is 2. The number of hydrogen-bond donors (Lipinski definition) is 1. The number of hydrogen-bond acceptors (Lipinski definition) is 2. The van der Waals surface area contributed by atoms with Crippen molar-refractivity contribution in [1.29, 1.82) is 0 Å². The zero-order valence-corrected chi connectivity index (χ0v) is 10.2. The molecule has 2 aromatic carbocycles. The first-order valence-electron chi connectivity index (χ1n) is 5.58. The fourth-order valence-electron chi connectivity index (χ4n) is 1.83. The fraction of sp³-hybridized carbons (Fsp3) is 0.143. The molecule has 2 N–H and O–H groups in total. The molecular weight excluding hydrogens is 255 g/mol. The van der Waals surface area contributed by atoms with Crippen molar-refractivity contribution >= 4 is 5.69 Å². The van der Waals surface area contributed by atoms with Crippen molar-refractivity contribution in [2.45, 2.75) is 13.3 Å². The van der Waals surface area contributed by atoms with Crippen molar-refractivity contribution < 1.29 is 17.9 Å². The monoisotopic (exact) mass is 267 g/mol. The molecule has 0 saturated heterocycles. The Bertz CT molecular complexity index is 576. The van der Waals surface area contributed by atoms with Gasteiger partial charge in [0.1, 0.15) is 5.75 Å². The van der Waals surface area contributed by atoms with Crippen molar-refractivity contribution in [2.24, 2.45) is 0 Å². The van der Waals surface area contributed by atoms with E-state index in [1.54, 1.807) is 37.3 Å². The largest absolute Gasteiger partial charge is 0.573 e. The maximum Gasteiger partial charge on any atom is 0.573 e. The lowest BCUT2D eigenvalue weighted by Gasteiger charge is -2.14. The molecule has 0 aliphatic heterocycles. The fourth-order valence-corrected chi connectivity index (χ4v) is 1.83. The van der Waals surface area contributed by atoms with Crippen LogP contribution in [0.15, 0.2) is 42.5 Å². The Hall–Kier alpha value is -2.17. The molecule has 0 amide bonds. The summed E-state index contributed by atoms with van der Waals surface area (Å²) in [6, 6.07) is 11.5. The van der Waals surface area contributed by atoms with Gasteiger partial charge in [-0.15, -0.1) is 13.2 Å². The van der Waals surface area contributed by atoms with E-state index in [9.17, 15) is 13.2 Å². The molecule has 0 spiro atoms. The van der Waals surface area contributed by atoms with Crippen LogP contribution in [0.2, 0.25) is 0 Å². The van der Waals surface area contributed by atoms with E-state index in [2.05, 4.69) is 4.74 Å². The zero-order valence-electron chi connectivity index (χ0n) is 10.2. The number of anilines is 1. The van der Waals surface area contributed by atoms with Crippen LogP contribution in [0.3, 0.4) is 0 Å². The summed E-state index contributed by atoms with van der Waals surface area (Å²) in [6.07, 6.45) is -4.69. The van der Waals surface area contributed by atoms with Crippen LogP contribution in [0.5, 0.6) is 5.75 Å². The highest BCUT2D eigenvalue weighted by Crippen LogP contribution is 2.33. The molecule has 2 aromatic rings. The van der Waals surface area contributed by atoms with Gasteiger partial charge < -0.3 is 10.5 Å². The van der Waals surface area contributed by atoms with Crippen LogP contribution in [-0.4, -0.2) is 6.36 Å². The van der Waals surface area contributed by atoms with Gasteiger partial charge in [-0.3, -0.25) is 0 Å². The first-order chi connectivity index (χ1) is 8.87. The smallest absolute Gasteiger partial charge is 0.405 e. The summed E-state index contributed by atoms with van der Waals surface area (Å²) < 4.78 is 40.8. The van der Waals surface area contributed by atoms with Gasteiger partial charge in [0, 0.05) is 5.69 Å². The van der Waals surface area contributed by atoms with E-state index >= 15 is 0 Å². The second kappa shape index (κ2) is 4.84. The van der Waals surface area contributed by atoms with Gasteiger partial charge in [0.2, 0.25) is 0 Å². The van der Waals surface area contributed by atoms with Crippen LogP contribution in [0.25, 0.3) is 11.1 Å². The molecule has 0 saturated carbocycles. The molecule has 0 aliphatic rings. The van der Waals surface area contributed by atoms with Crippen molar-refractivity contribution in [3.05, 3.63) is 48.0 Å². The normalized spacial score (nSPS) is 11.4. The van der Waals surface area contributed by atoms with Crippen LogP contribution in [0.1, 0.15) is 5.56 Å². The van der Waals surface area contributed by atoms with Gasteiger partial charge in [0.25, 0.3) is 0 Å². The Labute approximate surface area is 108 Å². The van der Waals surface area contributed by atoms with E-state index in [4.69, 9.17) is 5.73 Å². The van der Waals surface area contributed by atoms with Crippen LogP contribution in [0, 0.1) is 6.92 Å². The van der Waals surface area contributed by atoms with Gasteiger partial charge in [0.15, 0.2) is 0 Å². The molecule has 0 aliphatic carbocycles. The van der Waals surface area contributed by atoms with Crippen LogP contribution in [-0.2, 0) is 0 Å². The Kier molecular flexibility index (Phi) is 3.38. The maximum atomic E-state index is 12.3. The highest BCUT2D eigenvalue weighted by atomic mass is 19.4. The van der Waals surface area contributed by atoms with Gasteiger partial charge >= 0.3 is 6.36 Å². The van der Waals surface area contributed by atoms with E-state index in [1.165, 1.54) is 12.1 Å². The molecule has 0 heterocycles.